The number of unbranched alkanes of at least 4 members (excludes halogenated alkanes) is 1. The first kappa shape index (κ1) is 21.7. The van der Waals surface area contributed by atoms with Crippen LogP contribution in [-0.2, 0) is 19.0 Å². The molecule has 2 aromatic rings. The average molecular weight is 387 g/mol. The predicted molar refractivity (Wildman–Crippen MR) is 114 cm³/mol. The van der Waals surface area contributed by atoms with Gasteiger partial charge < -0.3 is 19.9 Å². The number of nitrogens with zero attached hydrogens (tertiary/aromatic N) is 4. The van der Waals surface area contributed by atoms with Gasteiger partial charge in [0.2, 0.25) is 0 Å². The second-order valence-corrected chi connectivity index (χ2v) is 7.64. The molecule has 1 aromatic carbocycles. The molecule has 28 heavy (non-hydrogen) atoms. The summed E-state index contributed by atoms with van der Waals surface area (Å²) in [7, 11) is 3.66. The van der Waals surface area contributed by atoms with Gasteiger partial charge in [0.15, 0.2) is 11.8 Å². The van der Waals surface area contributed by atoms with E-state index >= 15 is 0 Å². The van der Waals surface area contributed by atoms with Crippen molar-refractivity contribution in [3.05, 3.63) is 41.5 Å². The normalized spacial score (nSPS) is 12.1. The molecule has 0 aliphatic rings. The Hall–Kier alpha value is -2.57. The molecule has 0 radical (unpaired) electrons. The maximum Gasteiger partial charge on any atom is 0.191 e. The molecule has 7 nitrogen and oxygen atoms in total. The Labute approximate surface area is 168 Å². The van der Waals surface area contributed by atoms with Crippen LogP contribution in [-0.4, -0.2) is 40.9 Å². The van der Waals surface area contributed by atoms with Crippen molar-refractivity contribution in [3.8, 4) is 5.75 Å². The Morgan fingerprint density at radius 3 is 2.68 bits per heavy atom. The monoisotopic (exact) mass is 386 g/mol. The van der Waals surface area contributed by atoms with Crippen LogP contribution in [0.15, 0.2) is 29.3 Å². The zero-order valence-electron chi connectivity index (χ0n) is 18.0. The molecule has 1 heterocycles. The lowest BCUT2D eigenvalue weighted by molar-refractivity contribution is 0.411. The molecule has 0 saturated carbocycles. The topological polar surface area (TPSA) is 76.4 Å². The van der Waals surface area contributed by atoms with E-state index in [1.807, 2.05) is 30.7 Å². The van der Waals surface area contributed by atoms with E-state index in [4.69, 9.17) is 9.73 Å². The summed E-state index contributed by atoms with van der Waals surface area (Å²) in [6, 6.07) is 8.22. The van der Waals surface area contributed by atoms with E-state index in [2.05, 4.69) is 53.7 Å². The van der Waals surface area contributed by atoms with Gasteiger partial charge in [-0.3, -0.25) is 0 Å². The highest BCUT2D eigenvalue weighted by molar-refractivity contribution is 5.79. The molecule has 154 valence electrons. The lowest BCUT2D eigenvalue weighted by Crippen LogP contribution is -2.43. The summed E-state index contributed by atoms with van der Waals surface area (Å²) in [5.41, 5.74) is 1.14. The third-order valence-corrected chi connectivity index (χ3v) is 4.93. The van der Waals surface area contributed by atoms with Gasteiger partial charge in [-0.15, -0.1) is 10.2 Å². The fraction of sp³-hybridized carbons (Fsp3) is 0.571. The summed E-state index contributed by atoms with van der Waals surface area (Å²) >= 11 is 0. The quantitative estimate of drug-likeness (QED) is 0.394. The summed E-state index contributed by atoms with van der Waals surface area (Å²) in [6.45, 7) is 10.7. The van der Waals surface area contributed by atoms with Crippen LogP contribution in [0.5, 0.6) is 5.75 Å². The lowest BCUT2D eigenvalue weighted by Gasteiger charge is -2.27. The molecule has 0 aliphatic heterocycles. The first-order chi connectivity index (χ1) is 13.4. The van der Waals surface area contributed by atoms with Crippen molar-refractivity contribution in [1.82, 2.24) is 25.4 Å². The molecule has 7 heteroatoms. The minimum Gasteiger partial charge on any atom is -0.497 e. The fourth-order valence-corrected chi connectivity index (χ4v) is 2.75. The van der Waals surface area contributed by atoms with Crippen LogP contribution < -0.4 is 15.4 Å². The molecule has 0 unspecified atom stereocenters. The Morgan fingerprint density at radius 1 is 1.25 bits per heavy atom. The number of ether oxygens (including phenoxy) is 1. The number of hydrogen-bond acceptors (Lipinski definition) is 4. The zero-order chi connectivity index (χ0) is 20.6. The first-order valence-electron chi connectivity index (χ1n) is 9.89. The van der Waals surface area contributed by atoms with Crippen molar-refractivity contribution in [2.45, 2.75) is 52.5 Å². The average Bonchev–Trinajstić information content (AvgIpc) is 3.02. The van der Waals surface area contributed by atoms with Crippen LogP contribution in [0.4, 0.5) is 0 Å². The van der Waals surface area contributed by atoms with Gasteiger partial charge in [-0.05, 0) is 31.0 Å². The minimum atomic E-state index is -0.0802. The number of benzene rings is 1. The Kier molecular flexibility index (Phi) is 7.84. The summed E-state index contributed by atoms with van der Waals surface area (Å²) < 4.78 is 7.34. The molecule has 0 amide bonds. The van der Waals surface area contributed by atoms with Crippen molar-refractivity contribution in [1.29, 1.82) is 0 Å². The summed E-state index contributed by atoms with van der Waals surface area (Å²) in [4.78, 5) is 4.72. The van der Waals surface area contributed by atoms with Crippen LogP contribution in [0.2, 0.25) is 0 Å². The standard InChI is InChI=1S/C21H34N6O/c1-7-8-12-22-20(23-14-19-26-25-16(2)27(19)5)24-15-21(3,4)17-10-9-11-18(13-17)28-6/h9-11,13H,7-8,12,14-15H2,1-6H3,(H2,22,23,24). The number of rotatable bonds is 9. The van der Waals surface area contributed by atoms with Crippen LogP contribution in [0, 0.1) is 6.92 Å². The van der Waals surface area contributed by atoms with Crippen LogP contribution in [0.1, 0.15) is 50.8 Å². The number of aryl methyl sites for hydroxylation is 1. The largest absolute Gasteiger partial charge is 0.497 e. The molecule has 2 N–H and O–H groups in total. The zero-order valence-corrected chi connectivity index (χ0v) is 18.0. The van der Waals surface area contributed by atoms with E-state index in [1.165, 1.54) is 5.56 Å². The van der Waals surface area contributed by atoms with Gasteiger partial charge in [-0.25, -0.2) is 4.99 Å². The molecule has 2 rings (SSSR count). The molecule has 0 bridgehead atoms. The van der Waals surface area contributed by atoms with E-state index in [1.54, 1.807) is 7.11 Å². The van der Waals surface area contributed by atoms with Gasteiger partial charge in [-0.2, -0.15) is 0 Å². The van der Waals surface area contributed by atoms with Crippen LogP contribution in [0.25, 0.3) is 0 Å². The maximum atomic E-state index is 5.37. The number of hydrogen-bond donors (Lipinski definition) is 2. The highest BCUT2D eigenvalue weighted by atomic mass is 16.5. The Bertz CT molecular complexity index is 781. The van der Waals surface area contributed by atoms with Gasteiger partial charge in [0.25, 0.3) is 0 Å². The Morgan fingerprint density at radius 2 is 2.04 bits per heavy atom. The highest BCUT2D eigenvalue weighted by Crippen LogP contribution is 2.25. The number of aliphatic imine (C=N–C) groups is 1. The van der Waals surface area contributed by atoms with Gasteiger partial charge in [0.05, 0.1) is 7.11 Å². The second-order valence-electron chi connectivity index (χ2n) is 7.64. The van der Waals surface area contributed by atoms with E-state index < -0.39 is 0 Å². The first-order valence-corrected chi connectivity index (χ1v) is 9.89. The Balaban J connectivity index is 2.08. The van der Waals surface area contributed by atoms with Crippen molar-refractivity contribution in [2.24, 2.45) is 12.0 Å². The van der Waals surface area contributed by atoms with Crippen LogP contribution in [0.3, 0.4) is 0 Å². The van der Waals surface area contributed by atoms with E-state index in [9.17, 15) is 0 Å². The number of aromatic nitrogens is 3. The third-order valence-electron chi connectivity index (χ3n) is 4.93. The summed E-state index contributed by atoms with van der Waals surface area (Å²) in [5.74, 6) is 3.40. The second kappa shape index (κ2) is 10.1. The third kappa shape index (κ3) is 5.97. The predicted octanol–water partition coefficient (Wildman–Crippen LogP) is 2.95. The highest BCUT2D eigenvalue weighted by Gasteiger charge is 2.21. The van der Waals surface area contributed by atoms with Crippen molar-refractivity contribution in [3.63, 3.8) is 0 Å². The number of methoxy groups -OCH3 is 1. The van der Waals surface area contributed by atoms with Crippen molar-refractivity contribution < 1.29 is 4.74 Å². The molecule has 1 aromatic heterocycles. The van der Waals surface area contributed by atoms with Crippen molar-refractivity contribution in [2.75, 3.05) is 20.2 Å². The number of nitrogens with one attached hydrogen (secondary N) is 2. The number of guanidine groups is 1. The van der Waals surface area contributed by atoms with Gasteiger partial charge >= 0.3 is 0 Å². The molecule has 0 aliphatic carbocycles. The maximum absolute atomic E-state index is 5.37. The molecule has 0 saturated heterocycles. The van der Waals surface area contributed by atoms with Gasteiger partial charge in [0, 0.05) is 25.6 Å². The summed E-state index contributed by atoms with van der Waals surface area (Å²) in [5, 5.41) is 15.2. The van der Waals surface area contributed by atoms with Gasteiger partial charge in [-0.1, -0.05) is 39.3 Å². The van der Waals surface area contributed by atoms with Crippen LogP contribution >= 0.6 is 0 Å². The molecule has 0 fully saturated rings. The fourth-order valence-electron chi connectivity index (χ4n) is 2.75. The summed E-state index contributed by atoms with van der Waals surface area (Å²) in [6.07, 6.45) is 2.24. The van der Waals surface area contributed by atoms with Gasteiger partial charge in [0.1, 0.15) is 18.1 Å². The smallest absolute Gasteiger partial charge is 0.191 e. The lowest BCUT2D eigenvalue weighted by atomic mass is 9.84. The minimum absolute atomic E-state index is 0.0802. The van der Waals surface area contributed by atoms with E-state index in [0.717, 1.165) is 49.3 Å². The molecule has 0 spiro atoms. The molecule has 0 atom stereocenters. The van der Waals surface area contributed by atoms with Crippen molar-refractivity contribution >= 4 is 5.96 Å². The van der Waals surface area contributed by atoms with E-state index in [-0.39, 0.29) is 5.41 Å². The molecular weight excluding hydrogens is 352 g/mol. The SMILES string of the molecule is CCCCNC(=NCc1nnc(C)n1C)NCC(C)(C)c1cccc(OC)c1. The molecular formula is C21H34N6O. The van der Waals surface area contributed by atoms with E-state index in [0.29, 0.717) is 6.54 Å².